The Hall–Kier alpha value is -0.0800. The van der Waals surface area contributed by atoms with Gasteiger partial charge in [0, 0.05) is 18.6 Å². The van der Waals surface area contributed by atoms with E-state index in [2.05, 4.69) is 31.2 Å². The van der Waals surface area contributed by atoms with Gasteiger partial charge in [-0.2, -0.15) is 0 Å². The van der Waals surface area contributed by atoms with Crippen molar-refractivity contribution in [1.29, 1.82) is 0 Å². The summed E-state index contributed by atoms with van der Waals surface area (Å²) >= 11 is 0. The van der Waals surface area contributed by atoms with Crippen molar-refractivity contribution in [1.82, 2.24) is 10.4 Å². The molecule has 60 valence electrons. The van der Waals surface area contributed by atoms with E-state index in [1.165, 1.54) is 12.8 Å². The molecule has 0 radical (unpaired) electrons. The molecule has 2 heteroatoms. The Balaban J connectivity index is 2.40. The van der Waals surface area contributed by atoms with Gasteiger partial charge in [-0.25, -0.2) is 5.01 Å². The van der Waals surface area contributed by atoms with Crippen LogP contribution in [0.1, 0.15) is 33.6 Å². The summed E-state index contributed by atoms with van der Waals surface area (Å²) in [4.78, 5) is 0. The van der Waals surface area contributed by atoms with E-state index in [9.17, 15) is 0 Å². The Morgan fingerprint density at radius 1 is 1.50 bits per heavy atom. The van der Waals surface area contributed by atoms with E-state index in [0.29, 0.717) is 12.1 Å². The van der Waals surface area contributed by atoms with E-state index in [4.69, 9.17) is 0 Å². The molecule has 0 spiro atoms. The van der Waals surface area contributed by atoms with Crippen LogP contribution in [0.4, 0.5) is 0 Å². The molecule has 1 fully saturated rings. The molecule has 1 unspecified atom stereocenters. The van der Waals surface area contributed by atoms with Crippen LogP contribution in [0.15, 0.2) is 0 Å². The molecule has 0 bridgehead atoms. The summed E-state index contributed by atoms with van der Waals surface area (Å²) in [6.45, 7) is 7.90. The Morgan fingerprint density at radius 2 is 2.20 bits per heavy atom. The quantitative estimate of drug-likeness (QED) is 0.595. The zero-order chi connectivity index (χ0) is 7.56. The van der Waals surface area contributed by atoms with Crippen LogP contribution in [0.5, 0.6) is 0 Å². The largest absolute Gasteiger partial charge is 0.255 e. The van der Waals surface area contributed by atoms with Crippen molar-refractivity contribution in [3.8, 4) is 0 Å². The lowest BCUT2D eigenvalue weighted by Gasteiger charge is -2.36. The van der Waals surface area contributed by atoms with Gasteiger partial charge in [0.05, 0.1) is 0 Å². The molecule has 1 rings (SSSR count). The Bertz CT molecular complexity index is 101. The molecular formula is C8H18N2. The second-order valence-electron chi connectivity index (χ2n) is 3.40. The van der Waals surface area contributed by atoms with Crippen LogP contribution in [0.3, 0.4) is 0 Å². The molecule has 1 aliphatic heterocycles. The molecular weight excluding hydrogens is 124 g/mol. The summed E-state index contributed by atoms with van der Waals surface area (Å²) in [5.41, 5.74) is 3.40. The fourth-order valence-electron chi connectivity index (χ4n) is 1.59. The topological polar surface area (TPSA) is 15.3 Å². The molecule has 0 aromatic rings. The van der Waals surface area contributed by atoms with Crippen molar-refractivity contribution in [3.63, 3.8) is 0 Å². The molecule has 2 nitrogen and oxygen atoms in total. The van der Waals surface area contributed by atoms with Crippen molar-refractivity contribution in [2.75, 3.05) is 6.54 Å². The summed E-state index contributed by atoms with van der Waals surface area (Å²) in [5.74, 6) is 0. The third-order valence-electron chi connectivity index (χ3n) is 2.12. The first-order chi connectivity index (χ1) is 4.72. The van der Waals surface area contributed by atoms with Gasteiger partial charge < -0.3 is 0 Å². The molecule has 0 aromatic carbocycles. The first kappa shape index (κ1) is 8.02. The first-order valence-electron chi connectivity index (χ1n) is 4.23. The van der Waals surface area contributed by atoms with Crippen LogP contribution in [0.2, 0.25) is 0 Å². The molecule has 0 aliphatic carbocycles. The maximum absolute atomic E-state index is 3.40. The highest BCUT2D eigenvalue weighted by atomic mass is 15.5. The Labute approximate surface area is 63.6 Å². The molecule has 0 aromatic heterocycles. The number of hydrogen-bond acceptors (Lipinski definition) is 2. The minimum absolute atomic E-state index is 0.635. The molecule has 1 atom stereocenters. The van der Waals surface area contributed by atoms with Crippen LogP contribution < -0.4 is 5.43 Å². The third kappa shape index (κ3) is 1.70. The van der Waals surface area contributed by atoms with Crippen molar-refractivity contribution < 1.29 is 0 Å². The minimum atomic E-state index is 0.635. The zero-order valence-electron chi connectivity index (χ0n) is 7.22. The first-order valence-corrected chi connectivity index (χ1v) is 4.23. The van der Waals surface area contributed by atoms with Gasteiger partial charge >= 0.3 is 0 Å². The Morgan fingerprint density at radius 3 is 2.60 bits per heavy atom. The lowest BCUT2D eigenvalue weighted by atomic mass is 10.1. The zero-order valence-corrected chi connectivity index (χ0v) is 7.22. The monoisotopic (exact) mass is 142 g/mol. The predicted molar refractivity (Wildman–Crippen MR) is 43.7 cm³/mol. The minimum Gasteiger partial charge on any atom is -0.255 e. The van der Waals surface area contributed by atoms with Crippen LogP contribution >= 0.6 is 0 Å². The summed E-state index contributed by atoms with van der Waals surface area (Å²) in [6, 6.07) is 1.35. The molecule has 0 saturated carbocycles. The van der Waals surface area contributed by atoms with Crippen molar-refractivity contribution in [3.05, 3.63) is 0 Å². The maximum Gasteiger partial charge on any atom is 0.0218 e. The average Bonchev–Trinajstić information content (AvgIpc) is 1.88. The van der Waals surface area contributed by atoms with Crippen LogP contribution in [0.25, 0.3) is 0 Å². The van der Waals surface area contributed by atoms with E-state index >= 15 is 0 Å². The van der Waals surface area contributed by atoms with Gasteiger partial charge in [0.25, 0.3) is 0 Å². The lowest BCUT2D eigenvalue weighted by Crippen LogP contribution is -2.52. The summed E-state index contributed by atoms with van der Waals surface area (Å²) in [6.07, 6.45) is 2.66. The van der Waals surface area contributed by atoms with Crippen LogP contribution in [-0.2, 0) is 0 Å². The molecule has 1 aliphatic rings. The average molecular weight is 142 g/mol. The standard InChI is InChI=1S/C8H18N2/c1-7(2)10-8(3)5-4-6-9-10/h7-9H,4-6H2,1-3H3. The van der Waals surface area contributed by atoms with Gasteiger partial charge in [-0.05, 0) is 33.6 Å². The highest BCUT2D eigenvalue weighted by molar-refractivity contribution is 4.71. The van der Waals surface area contributed by atoms with Crippen LogP contribution in [0, 0.1) is 0 Å². The molecule has 1 N–H and O–H groups in total. The van der Waals surface area contributed by atoms with Gasteiger partial charge in [0.15, 0.2) is 0 Å². The predicted octanol–water partition coefficient (Wildman–Crippen LogP) is 1.38. The van der Waals surface area contributed by atoms with E-state index in [-0.39, 0.29) is 0 Å². The molecule has 1 heterocycles. The maximum atomic E-state index is 3.40. The number of nitrogens with one attached hydrogen (secondary N) is 1. The smallest absolute Gasteiger partial charge is 0.0218 e. The van der Waals surface area contributed by atoms with Crippen molar-refractivity contribution in [2.45, 2.75) is 45.7 Å². The normalized spacial score (nSPS) is 29.4. The van der Waals surface area contributed by atoms with Gasteiger partial charge in [0.2, 0.25) is 0 Å². The van der Waals surface area contributed by atoms with E-state index in [1.807, 2.05) is 0 Å². The van der Waals surface area contributed by atoms with Gasteiger partial charge in [-0.3, -0.25) is 5.43 Å². The van der Waals surface area contributed by atoms with Gasteiger partial charge in [-0.15, -0.1) is 0 Å². The molecule has 0 amide bonds. The van der Waals surface area contributed by atoms with E-state index in [1.54, 1.807) is 0 Å². The number of hydrazine groups is 1. The third-order valence-corrected chi connectivity index (χ3v) is 2.12. The molecule has 10 heavy (non-hydrogen) atoms. The van der Waals surface area contributed by atoms with Gasteiger partial charge in [0.1, 0.15) is 0 Å². The number of rotatable bonds is 1. The SMILES string of the molecule is CC(C)N1NCCCC1C. The molecule has 1 saturated heterocycles. The highest BCUT2D eigenvalue weighted by Crippen LogP contribution is 2.11. The number of nitrogens with zero attached hydrogens (tertiary/aromatic N) is 1. The summed E-state index contributed by atoms with van der Waals surface area (Å²) < 4.78 is 0. The van der Waals surface area contributed by atoms with Gasteiger partial charge in [-0.1, -0.05) is 0 Å². The summed E-state index contributed by atoms with van der Waals surface area (Å²) in [7, 11) is 0. The van der Waals surface area contributed by atoms with E-state index < -0.39 is 0 Å². The van der Waals surface area contributed by atoms with E-state index in [0.717, 1.165) is 6.54 Å². The fourth-order valence-corrected chi connectivity index (χ4v) is 1.59. The summed E-state index contributed by atoms with van der Waals surface area (Å²) in [5, 5.41) is 2.35. The second-order valence-corrected chi connectivity index (χ2v) is 3.40. The highest BCUT2D eigenvalue weighted by Gasteiger charge is 2.19. The second kappa shape index (κ2) is 3.35. The van der Waals surface area contributed by atoms with Crippen molar-refractivity contribution >= 4 is 0 Å². The lowest BCUT2D eigenvalue weighted by molar-refractivity contribution is 0.0608. The fraction of sp³-hybridized carbons (Fsp3) is 1.00. The number of hydrogen-bond donors (Lipinski definition) is 1. The van der Waals surface area contributed by atoms with Crippen molar-refractivity contribution in [2.24, 2.45) is 0 Å². The van der Waals surface area contributed by atoms with Crippen LogP contribution in [-0.4, -0.2) is 23.6 Å². The Kier molecular flexibility index (Phi) is 2.69.